The highest BCUT2D eigenvalue weighted by molar-refractivity contribution is 6.24. The van der Waals surface area contributed by atoms with Crippen LogP contribution in [0.1, 0.15) is 12.8 Å². The highest BCUT2D eigenvalue weighted by Gasteiger charge is 2.15. The van der Waals surface area contributed by atoms with Crippen molar-refractivity contribution in [3.63, 3.8) is 0 Å². The number of carbonyl (C=O) groups is 1. The zero-order valence-corrected chi connectivity index (χ0v) is 7.25. The summed E-state index contributed by atoms with van der Waals surface area (Å²) in [6, 6.07) is -0.548. The van der Waals surface area contributed by atoms with Crippen molar-refractivity contribution in [2.45, 2.75) is 18.9 Å². The monoisotopic (exact) mass is 174 g/mol. The maximum absolute atomic E-state index is 10.6. The van der Waals surface area contributed by atoms with Crippen LogP contribution in [0.3, 0.4) is 0 Å². The van der Waals surface area contributed by atoms with Crippen molar-refractivity contribution in [2.75, 3.05) is 13.7 Å². The van der Waals surface area contributed by atoms with E-state index in [0.29, 0.717) is 19.4 Å². The van der Waals surface area contributed by atoms with Crippen molar-refractivity contribution in [1.82, 2.24) is 5.23 Å². The number of rotatable bonds is 7. The molecule has 0 heterocycles. The van der Waals surface area contributed by atoms with E-state index in [9.17, 15) is 4.79 Å². The lowest BCUT2D eigenvalue weighted by atomic mass is 10.1. The molecule has 0 radical (unpaired) electrons. The van der Waals surface area contributed by atoms with Crippen LogP contribution in [0.4, 0.5) is 0 Å². The molecule has 0 aliphatic rings. The first-order chi connectivity index (χ1) is 5.72. The standard InChI is InChI=1S/C6H15BN2O3/c1-12-7-9-5(6(10)11)3-2-4-8/h5,7,9H,2-4,8H2,1H3,(H,10,11)/t5-/m0/s1. The minimum Gasteiger partial charge on any atom is -0.480 e. The molecule has 5 nitrogen and oxygen atoms in total. The molecule has 0 unspecified atom stereocenters. The smallest absolute Gasteiger partial charge is 0.361 e. The number of carboxylic acids is 1. The van der Waals surface area contributed by atoms with E-state index in [1.807, 2.05) is 0 Å². The number of nitrogens with one attached hydrogen (secondary N) is 1. The van der Waals surface area contributed by atoms with E-state index in [2.05, 4.69) is 5.23 Å². The van der Waals surface area contributed by atoms with E-state index in [1.165, 1.54) is 7.11 Å². The quantitative estimate of drug-likeness (QED) is 0.417. The minimum absolute atomic E-state index is 0.252. The van der Waals surface area contributed by atoms with Gasteiger partial charge in [-0.1, -0.05) is 0 Å². The summed E-state index contributed by atoms with van der Waals surface area (Å²) in [5.74, 6) is -0.861. The maximum atomic E-state index is 10.6. The highest BCUT2D eigenvalue weighted by Crippen LogP contribution is 1.95. The molecule has 0 bridgehead atoms. The first kappa shape index (κ1) is 11.4. The van der Waals surface area contributed by atoms with Crippen molar-refractivity contribution in [3.05, 3.63) is 0 Å². The van der Waals surface area contributed by atoms with Crippen LogP contribution < -0.4 is 11.0 Å². The van der Waals surface area contributed by atoms with Gasteiger partial charge in [-0.3, -0.25) is 4.79 Å². The Morgan fingerprint density at radius 1 is 1.83 bits per heavy atom. The van der Waals surface area contributed by atoms with Crippen LogP contribution >= 0.6 is 0 Å². The fourth-order valence-corrected chi connectivity index (χ4v) is 0.819. The Balaban J connectivity index is 3.62. The molecule has 0 fully saturated rings. The van der Waals surface area contributed by atoms with E-state index in [1.54, 1.807) is 0 Å². The lowest BCUT2D eigenvalue weighted by Crippen LogP contribution is -2.40. The first-order valence-corrected chi connectivity index (χ1v) is 3.87. The molecule has 0 amide bonds. The predicted molar refractivity (Wildman–Crippen MR) is 47.0 cm³/mol. The average Bonchev–Trinajstić information content (AvgIpc) is 2.04. The van der Waals surface area contributed by atoms with E-state index in [0.717, 1.165) is 0 Å². The van der Waals surface area contributed by atoms with Gasteiger partial charge in [-0.05, 0) is 19.4 Å². The summed E-state index contributed by atoms with van der Waals surface area (Å²) in [5, 5.41) is 11.4. The Morgan fingerprint density at radius 3 is 2.92 bits per heavy atom. The summed E-state index contributed by atoms with van der Waals surface area (Å²) >= 11 is 0. The number of aliphatic carboxylic acids is 1. The van der Waals surface area contributed by atoms with Crippen LogP contribution in [0.2, 0.25) is 0 Å². The third-order valence-electron chi connectivity index (χ3n) is 1.47. The van der Waals surface area contributed by atoms with Crippen molar-refractivity contribution < 1.29 is 14.6 Å². The van der Waals surface area contributed by atoms with Gasteiger partial charge in [0.25, 0.3) is 0 Å². The lowest BCUT2D eigenvalue weighted by Gasteiger charge is -2.11. The molecule has 12 heavy (non-hydrogen) atoms. The van der Waals surface area contributed by atoms with Crippen LogP contribution in [-0.4, -0.2) is 38.4 Å². The second kappa shape index (κ2) is 7.09. The molecular formula is C6H15BN2O3. The van der Waals surface area contributed by atoms with Gasteiger partial charge in [-0.15, -0.1) is 0 Å². The molecule has 1 atom stereocenters. The summed E-state index contributed by atoms with van der Waals surface area (Å²) in [5.41, 5.74) is 5.25. The zero-order valence-electron chi connectivity index (χ0n) is 7.25. The van der Waals surface area contributed by atoms with Crippen molar-refractivity contribution >= 4 is 13.6 Å². The molecule has 70 valence electrons. The zero-order chi connectivity index (χ0) is 9.40. The van der Waals surface area contributed by atoms with Gasteiger partial charge in [0.2, 0.25) is 0 Å². The second-order valence-electron chi connectivity index (χ2n) is 2.46. The minimum atomic E-state index is -0.861. The van der Waals surface area contributed by atoms with Crippen molar-refractivity contribution in [2.24, 2.45) is 5.73 Å². The van der Waals surface area contributed by atoms with Gasteiger partial charge >= 0.3 is 13.6 Å². The molecule has 0 rings (SSSR count). The molecule has 0 aromatic heterocycles. The van der Waals surface area contributed by atoms with Crippen LogP contribution in [-0.2, 0) is 9.45 Å². The summed E-state index contributed by atoms with van der Waals surface area (Å²) in [4.78, 5) is 10.6. The predicted octanol–water partition coefficient (Wildman–Crippen LogP) is -1.32. The van der Waals surface area contributed by atoms with E-state index < -0.39 is 12.0 Å². The van der Waals surface area contributed by atoms with Crippen LogP contribution in [0, 0.1) is 0 Å². The second-order valence-corrected chi connectivity index (χ2v) is 2.46. The fourth-order valence-electron chi connectivity index (χ4n) is 0.819. The number of hydrogen-bond acceptors (Lipinski definition) is 4. The van der Waals surface area contributed by atoms with Gasteiger partial charge in [0, 0.05) is 7.11 Å². The Morgan fingerprint density at radius 2 is 2.50 bits per heavy atom. The highest BCUT2D eigenvalue weighted by atomic mass is 16.4. The summed E-state index contributed by atoms with van der Waals surface area (Å²) in [6.45, 7) is 0.512. The van der Waals surface area contributed by atoms with Gasteiger partial charge in [0.1, 0.15) is 0 Å². The van der Waals surface area contributed by atoms with E-state index in [4.69, 9.17) is 15.5 Å². The normalized spacial score (nSPS) is 12.5. The van der Waals surface area contributed by atoms with Crippen LogP contribution in [0.15, 0.2) is 0 Å². The fraction of sp³-hybridized carbons (Fsp3) is 0.833. The van der Waals surface area contributed by atoms with Crippen molar-refractivity contribution in [1.29, 1.82) is 0 Å². The molecule has 0 aromatic carbocycles. The molecule has 0 saturated heterocycles. The van der Waals surface area contributed by atoms with Gasteiger partial charge in [0.15, 0.2) is 0 Å². The molecule has 0 aliphatic carbocycles. The SMILES string of the molecule is COBN[C@@H](CCCN)C(=O)O. The van der Waals surface area contributed by atoms with Gasteiger partial charge in [-0.2, -0.15) is 0 Å². The molecule has 0 aromatic rings. The lowest BCUT2D eigenvalue weighted by molar-refractivity contribution is -0.139. The van der Waals surface area contributed by atoms with Gasteiger partial charge in [0.05, 0.1) is 6.04 Å². The Labute approximate surface area is 72.6 Å². The molecule has 0 aliphatic heterocycles. The van der Waals surface area contributed by atoms with Crippen LogP contribution in [0.25, 0.3) is 0 Å². The van der Waals surface area contributed by atoms with Crippen molar-refractivity contribution in [3.8, 4) is 0 Å². The molecule has 6 heteroatoms. The van der Waals surface area contributed by atoms with Gasteiger partial charge in [-0.25, -0.2) is 0 Å². The Kier molecular flexibility index (Phi) is 6.74. The van der Waals surface area contributed by atoms with Gasteiger partial charge < -0.3 is 20.7 Å². The summed E-state index contributed by atoms with van der Waals surface area (Å²) in [7, 11) is 1.76. The maximum Gasteiger partial charge on any atom is 0.361 e. The number of nitrogens with two attached hydrogens (primary N) is 1. The number of carboxylic acid groups (broad SMARTS) is 1. The first-order valence-electron chi connectivity index (χ1n) is 3.87. The molecular weight excluding hydrogens is 159 g/mol. The van der Waals surface area contributed by atoms with Crippen LogP contribution in [0.5, 0.6) is 0 Å². The third kappa shape index (κ3) is 5.12. The largest absolute Gasteiger partial charge is 0.480 e. The average molecular weight is 174 g/mol. The Bertz CT molecular complexity index is 126. The third-order valence-corrected chi connectivity index (χ3v) is 1.47. The summed E-state index contributed by atoms with van der Waals surface area (Å²) < 4.78 is 4.70. The topological polar surface area (TPSA) is 84.6 Å². The summed E-state index contributed by atoms with van der Waals surface area (Å²) in [6.07, 6.45) is 1.24. The van der Waals surface area contributed by atoms with E-state index in [-0.39, 0.29) is 7.62 Å². The number of hydrogen-bond donors (Lipinski definition) is 3. The molecule has 0 spiro atoms. The molecule has 4 N–H and O–H groups in total. The Hall–Kier alpha value is -0.585. The van der Waals surface area contributed by atoms with E-state index >= 15 is 0 Å². The molecule has 0 saturated carbocycles.